The Balaban J connectivity index is 2.67. The SMILES string of the molecule is COc1cnc2nc[nH]c2c1. The second kappa shape index (κ2) is 2.23. The van der Waals surface area contributed by atoms with Gasteiger partial charge in [-0.1, -0.05) is 0 Å². The number of rotatable bonds is 1. The van der Waals surface area contributed by atoms with E-state index in [2.05, 4.69) is 15.0 Å². The fraction of sp³-hybridized carbons (Fsp3) is 0.143. The third-order valence-electron chi connectivity index (χ3n) is 1.48. The fourth-order valence-corrected chi connectivity index (χ4v) is 0.922. The molecule has 0 spiro atoms. The van der Waals surface area contributed by atoms with Crippen LogP contribution in [0.3, 0.4) is 0 Å². The lowest BCUT2D eigenvalue weighted by Crippen LogP contribution is -1.84. The molecule has 4 heteroatoms. The molecule has 0 aliphatic carbocycles. The topological polar surface area (TPSA) is 50.8 Å². The number of H-pyrrole nitrogens is 1. The predicted octanol–water partition coefficient (Wildman–Crippen LogP) is 0.966. The summed E-state index contributed by atoms with van der Waals surface area (Å²) in [5, 5.41) is 0. The Morgan fingerprint density at radius 1 is 1.45 bits per heavy atom. The van der Waals surface area contributed by atoms with E-state index in [0.717, 1.165) is 11.3 Å². The summed E-state index contributed by atoms with van der Waals surface area (Å²) >= 11 is 0. The number of aromatic amines is 1. The van der Waals surface area contributed by atoms with E-state index >= 15 is 0 Å². The van der Waals surface area contributed by atoms with E-state index in [9.17, 15) is 0 Å². The molecule has 0 saturated carbocycles. The first-order chi connectivity index (χ1) is 5.40. The molecule has 0 bridgehead atoms. The number of ether oxygens (including phenoxy) is 1. The highest BCUT2D eigenvalue weighted by atomic mass is 16.5. The van der Waals surface area contributed by atoms with Crippen molar-refractivity contribution in [2.45, 2.75) is 0 Å². The number of hydrogen-bond donors (Lipinski definition) is 1. The molecule has 4 nitrogen and oxygen atoms in total. The van der Waals surface area contributed by atoms with Gasteiger partial charge < -0.3 is 9.72 Å². The Labute approximate surface area is 63.2 Å². The van der Waals surface area contributed by atoms with Crippen LogP contribution in [0.15, 0.2) is 18.6 Å². The average Bonchev–Trinajstić information content (AvgIpc) is 2.50. The minimum atomic E-state index is 0.714. The van der Waals surface area contributed by atoms with E-state index in [4.69, 9.17) is 4.74 Å². The first-order valence-corrected chi connectivity index (χ1v) is 3.23. The lowest BCUT2D eigenvalue weighted by atomic mass is 10.4. The van der Waals surface area contributed by atoms with Gasteiger partial charge in [-0.05, 0) is 0 Å². The zero-order valence-corrected chi connectivity index (χ0v) is 6.03. The van der Waals surface area contributed by atoms with Crippen molar-refractivity contribution in [2.24, 2.45) is 0 Å². The molecule has 2 aromatic heterocycles. The van der Waals surface area contributed by atoms with Crippen molar-refractivity contribution in [3.8, 4) is 5.75 Å². The highest BCUT2D eigenvalue weighted by molar-refractivity contribution is 5.70. The molecule has 2 heterocycles. The quantitative estimate of drug-likeness (QED) is 0.657. The van der Waals surface area contributed by atoms with Crippen LogP contribution in [0.25, 0.3) is 11.2 Å². The Morgan fingerprint density at radius 3 is 3.18 bits per heavy atom. The molecule has 1 N–H and O–H groups in total. The van der Waals surface area contributed by atoms with Gasteiger partial charge in [0, 0.05) is 6.07 Å². The Morgan fingerprint density at radius 2 is 2.36 bits per heavy atom. The lowest BCUT2D eigenvalue weighted by Gasteiger charge is -1.95. The minimum Gasteiger partial charge on any atom is -0.495 e. The van der Waals surface area contributed by atoms with Crippen molar-refractivity contribution in [3.05, 3.63) is 18.6 Å². The highest BCUT2D eigenvalue weighted by Crippen LogP contribution is 2.13. The van der Waals surface area contributed by atoms with Gasteiger partial charge in [0.05, 0.1) is 25.2 Å². The maximum atomic E-state index is 4.98. The first-order valence-electron chi connectivity index (χ1n) is 3.23. The van der Waals surface area contributed by atoms with Crippen LogP contribution in [0.1, 0.15) is 0 Å². The Kier molecular flexibility index (Phi) is 1.25. The van der Waals surface area contributed by atoms with Gasteiger partial charge in [0.15, 0.2) is 5.65 Å². The summed E-state index contributed by atoms with van der Waals surface area (Å²) in [7, 11) is 1.61. The number of nitrogens with zero attached hydrogens (tertiary/aromatic N) is 2. The maximum absolute atomic E-state index is 4.98. The van der Waals surface area contributed by atoms with Gasteiger partial charge in [-0.15, -0.1) is 0 Å². The van der Waals surface area contributed by atoms with Crippen LogP contribution in [-0.2, 0) is 0 Å². The minimum absolute atomic E-state index is 0.714. The summed E-state index contributed by atoms with van der Waals surface area (Å²) < 4.78 is 4.98. The van der Waals surface area contributed by atoms with Gasteiger partial charge in [0.25, 0.3) is 0 Å². The molecule has 0 unspecified atom stereocenters. The van der Waals surface area contributed by atoms with E-state index < -0.39 is 0 Å². The van der Waals surface area contributed by atoms with E-state index in [1.54, 1.807) is 19.6 Å². The molecular weight excluding hydrogens is 142 g/mol. The zero-order chi connectivity index (χ0) is 7.68. The van der Waals surface area contributed by atoms with Crippen LogP contribution >= 0.6 is 0 Å². The molecule has 56 valence electrons. The lowest BCUT2D eigenvalue weighted by molar-refractivity contribution is 0.413. The van der Waals surface area contributed by atoms with Gasteiger partial charge in [-0.25, -0.2) is 9.97 Å². The second-order valence-corrected chi connectivity index (χ2v) is 2.15. The van der Waals surface area contributed by atoms with Crippen molar-refractivity contribution in [2.75, 3.05) is 7.11 Å². The van der Waals surface area contributed by atoms with Crippen molar-refractivity contribution in [3.63, 3.8) is 0 Å². The molecule has 0 aromatic carbocycles. The monoisotopic (exact) mass is 149 g/mol. The Hall–Kier alpha value is -1.58. The third-order valence-corrected chi connectivity index (χ3v) is 1.48. The molecule has 0 saturated heterocycles. The van der Waals surface area contributed by atoms with Crippen molar-refractivity contribution in [1.82, 2.24) is 15.0 Å². The highest BCUT2D eigenvalue weighted by Gasteiger charge is 1.97. The zero-order valence-electron chi connectivity index (χ0n) is 6.03. The molecule has 0 aliphatic heterocycles. The van der Waals surface area contributed by atoms with Gasteiger partial charge in [-0.3, -0.25) is 0 Å². The van der Waals surface area contributed by atoms with Crippen LogP contribution in [0.2, 0.25) is 0 Å². The number of fused-ring (bicyclic) bond motifs is 1. The van der Waals surface area contributed by atoms with Crippen LogP contribution in [0.4, 0.5) is 0 Å². The standard InChI is InChI=1S/C7H7N3O/c1-11-5-2-6-7(8-3-5)10-4-9-6/h2-4H,1H3,(H,8,9,10). The van der Waals surface area contributed by atoms with E-state index in [0.29, 0.717) is 5.65 Å². The Bertz CT molecular complexity index is 368. The average molecular weight is 149 g/mol. The molecule has 0 fully saturated rings. The first kappa shape index (κ1) is 6.15. The van der Waals surface area contributed by atoms with E-state index in [1.807, 2.05) is 6.07 Å². The summed E-state index contributed by atoms with van der Waals surface area (Å²) in [5.74, 6) is 0.738. The molecule has 11 heavy (non-hydrogen) atoms. The number of nitrogens with one attached hydrogen (secondary N) is 1. The molecule has 0 amide bonds. The van der Waals surface area contributed by atoms with Gasteiger partial charge in [0.2, 0.25) is 0 Å². The van der Waals surface area contributed by atoms with Crippen LogP contribution in [-0.4, -0.2) is 22.1 Å². The number of aromatic nitrogens is 3. The van der Waals surface area contributed by atoms with Crippen molar-refractivity contribution < 1.29 is 4.74 Å². The van der Waals surface area contributed by atoms with Gasteiger partial charge >= 0.3 is 0 Å². The van der Waals surface area contributed by atoms with E-state index in [1.165, 1.54) is 0 Å². The van der Waals surface area contributed by atoms with Gasteiger partial charge in [-0.2, -0.15) is 0 Å². The molecule has 0 atom stereocenters. The maximum Gasteiger partial charge on any atom is 0.177 e. The third kappa shape index (κ3) is 0.920. The number of hydrogen-bond acceptors (Lipinski definition) is 3. The second-order valence-electron chi connectivity index (χ2n) is 2.15. The summed E-state index contributed by atoms with van der Waals surface area (Å²) in [4.78, 5) is 11.0. The van der Waals surface area contributed by atoms with Crippen molar-refractivity contribution in [1.29, 1.82) is 0 Å². The summed E-state index contributed by atoms with van der Waals surface area (Å²) in [6, 6.07) is 1.86. The van der Waals surface area contributed by atoms with E-state index in [-0.39, 0.29) is 0 Å². The smallest absolute Gasteiger partial charge is 0.177 e. The summed E-state index contributed by atoms with van der Waals surface area (Å²) in [6.07, 6.45) is 3.25. The van der Waals surface area contributed by atoms with Crippen molar-refractivity contribution >= 4 is 11.2 Å². The largest absolute Gasteiger partial charge is 0.495 e. The molecule has 0 aliphatic rings. The normalized spacial score (nSPS) is 10.3. The van der Waals surface area contributed by atoms with Crippen LogP contribution < -0.4 is 4.74 Å². The van der Waals surface area contributed by atoms with Crippen LogP contribution in [0.5, 0.6) is 5.75 Å². The predicted molar refractivity (Wildman–Crippen MR) is 40.4 cm³/mol. The number of imidazole rings is 1. The molecule has 2 rings (SSSR count). The summed E-state index contributed by atoms with van der Waals surface area (Å²) in [6.45, 7) is 0. The van der Waals surface area contributed by atoms with Crippen LogP contribution in [0, 0.1) is 0 Å². The van der Waals surface area contributed by atoms with Gasteiger partial charge in [0.1, 0.15) is 5.75 Å². The number of pyridine rings is 1. The molecular formula is C7H7N3O. The molecule has 2 aromatic rings. The number of methoxy groups -OCH3 is 1. The summed E-state index contributed by atoms with van der Waals surface area (Å²) in [5.41, 5.74) is 1.61. The molecule has 0 radical (unpaired) electrons. The fourth-order valence-electron chi connectivity index (χ4n) is 0.922.